The second kappa shape index (κ2) is 9.18. The first kappa shape index (κ1) is 18.1. The first-order chi connectivity index (χ1) is 11.1. The van der Waals surface area contributed by atoms with E-state index in [1.165, 1.54) is 47.3 Å². The largest absolute Gasteiger partial charge is 0.355 e. The highest BCUT2D eigenvalue weighted by atomic mass is 32.2. The molecular weight excluding hydrogens is 364 g/mol. The third-order valence-corrected chi connectivity index (χ3v) is 5.76. The molecule has 11 heteroatoms. The molecule has 0 fully saturated rings. The van der Waals surface area contributed by atoms with Crippen molar-refractivity contribution in [3.8, 4) is 0 Å². The zero-order valence-electron chi connectivity index (χ0n) is 12.2. The lowest BCUT2D eigenvalue weighted by Gasteiger charge is -2.04. The Hall–Kier alpha value is -1.20. The zero-order chi connectivity index (χ0) is 16.7. The van der Waals surface area contributed by atoms with Crippen LogP contribution in [-0.4, -0.2) is 38.0 Å². The van der Waals surface area contributed by atoms with E-state index in [0.717, 1.165) is 11.0 Å². The van der Waals surface area contributed by atoms with E-state index in [9.17, 15) is 13.6 Å². The Balaban J connectivity index is 1.80. The standard InChI is InChI=1S/C12H15F2N5OS3/c1-2-3-16-9(20)7-22-12-18-17-11(23-12)21-6-8-15-4-5-19(8)10(13)14/h4-5,10H,2-3,6-7H2,1H3,(H,16,20). The maximum Gasteiger partial charge on any atom is 0.319 e. The minimum absolute atomic E-state index is 0.0415. The normalized spacial score (nSPS) is 11.1. The summed E-state index contributed by atoms with van der Waals surface area (Å²) in [7, 11) is 0. The topological polar surface area (TPSA) is 72.7 Å². The Kier molecular flexibility index (Phi) is 7.24. The van der Waals surface area contributed by atoms with Gasteiger partial charge in [-0.1, -0.05) is 41.8 Å². The fraction of sp³-hybridized carbons (Fsp3) is 0.500. The molecule has 0 radical (unpaired) electrons. The molecule has 0 bridgehead atoms. The first-order valence-electron chi connectivity index (χ1n) is 6.75. The van der Waals surface area contributed by atoms with Gasteiger partial charge in [-0.15, -0.1) is 10.2 Å². The SMILES string of the molecule is CCCNC(=O)CSc1nnc(SCc2nccn2C(F)F)s1. The minimum Gasteiger partial charge on any atom is -0.355 e. The van der Waals surface area contributed by atoms with Gasteiger partial charge in [0.05, 0.1) is 11.5 Å². The van der Waals surface area contributed by atoms with Crippen molar-refractivity contribution in [3.63, 3.8) is 0 Å². The number of imidazole rings is 1. The maximum atomic E-state index is 12.7. The monoisotopic (exact) mass is 379 g/mol. The molecule has 0 aliphatic heterocycles. The number of carbonyl (C=O) groups is 1. The van der Waals surface area contributed by atoms with Crippen LogP contribution in [0, 0.1) is 0 Å². The van der Waals surface area contributed by atoms with Gasteiger partial charge in [0, 0.05) is 18.9 Å². The Morgan fingerprint density at radius 1 is 1.39 bits per heavy atom. The number of hydrogen-bond donors (Lipinski definition) is 1. The van der Waals surface area contributed by atoms with Crippen LogP contribution in [0.2, 0.25) is 0 Å². The summed E-state index contributed by atoms with van der Waals surface area (Å²) < 4.78 is 27.6. The summed E-state index contributed by atoms with van der Waals surface area (Å²) >= 11 is 3.94. The van der Waals surface area contributed by atoms with Gasteiger partial charge >= 0.3 is 6.55 Å². The van der Waals surface area contributed by atoms with Gasteiger partial charge in [0.15, 0.2) is 8.68 Å². The first-order valence-corrected chi connectivity index (χ1v) is 9.54. The third kappa shape index (κ3) is 5.74. The summed E-state index contributed by atoms with van der Waals surface area (Å²) in [5.74, 6) is 0.816. The van der Waals surface area contributed by atoms with E-state index in [-0.39, 0.29) is 23.2 Å². The van der Waals surface area contributed by atoms with Crippen molar-refractivity contribution in [1.29, 1.82) is 0 Å². The van der Waals surface area contributed by atoms with Crippen molar-refractivity contribution in [2.75, 3.05) is 12.3 Å². The molecule has 0 aliphatic carbocycles. The third-order valence-electron chi connectivity index (χ3n) is 2.57. The fourth-order valence-electron chi connectivity index (χ4n) is 1.52. The van der Waals surface area contributed by atoms with Gasteiger partial charge in [-0.3, -0.25) is 9.36 Å². The molecule has 2 heterocycles. The van der Waals surface area contributed by atoms with Gasteiger partial charge in [0.25, 0.3) is 0 Å². The Morgan fingerprint density at radius 3 is 2.83 bits per heavy atom. The Bertz CT molecular complexity index is 634. The zero-order valence-corrected chi connectivity index (χ0v) is 14.7. The average Bonchev–Trinajstić information content (AvgIpc) is 3.17. The highest BCUT2D eigenvalue weighted by Gasteiger charge is 2.13. The van der Waals surface area contributed by atoms with Crippen LogP contribution in [0.1, 0.15) is 25.7 Å². The van der Waals surface area contributed by atoms with E-state index < -0.39 is 6.55 Å². The molecule has 0 aliphatic rings. The van der Waals surface area contributed by atoms with Crippen LogP contribution in [0.25, 0.3) is 0 Å². The number of halogens is 2. The maximum absolute atomic E-state index is 12.7. The summed E-state index contributed by atoms with van der Waals surface area (Å²) in [6, 6.07) is 0. The van der Waals surface area contributed by atoms with E-state index in [1.807, 2.05) is 6.92 Å². The smallest absolute Gasteiger partial charge is 0.319 e. The number of aromatic nitrogens is 4. The summed E-state index contributed by atoms with van der Waals surface area (Å²) in [6.45, 7) is 0.0456. The van der Waals surface area contributed by atoms with E-state index in [2.05, 4.69) is 20.5 Å². The van der Waals surface area contributed by atoms with E-state index >= 15 is 0 Å². The van der Waals surface area contributed by atoms with Crippen LogP contribution >= 0.6 is 34.9 Å². The molecule has 0 saturated heterocycles. The molecule has 0 saturated carbocycles. The van der Waals surface area contributed by atoms with Crippen molar-refractivity contribution < 1.29 is 13.6 Å². The lowest BCUT2D eigenvalue weighted by Crippen LogP contribution is -2.25. The summed E-state index contributed by atoms with van der Waals surface area (Å²) in [4.78, 5) is 15.4. The van der Waals surface area contributed by atoms with Crippen molar-refractivity contribution in [1.82, 2.24) is 25.1 Å². The molecule has 126 valence electrons. The van der Waals surface area contributed by atoms with Crippen LogP contribution in [0.5, 0.6) is 0 Å². The number of carbonyl (C=O) groups excluding carboxylic acids is 1. The van der Waals surface area contributed by atoms with Crippen LogP contribution in [0.4, 0.5) is 8.78 Å². The molecule has 23 heavy (non-hydrogen) atoms. The second-order valence-electron chi connectivity index (χ2n) is 4.29. The molecule has 2 rings (SSSR count). The highest BCUT2D eigenvalue weighted by Crippen LogP contribution is 2.30. The summed E-state index contributed by atoms with van der Waals surface area (Å²) in [5, 5.41) is 10.7. The molecule has 1 amide bonds. The Morgan fingerprint density at radius 2 is 2.13 bits per heavy atom. The van der Waals surface area contributed by atoms with Gasteiger partial charge in [-0.25, -0.2) is 4.98 Å². The molecule has 2 aromatic rings. The number of nitrogens with zero attached hydrogens (tertiary/aromatic N) is 4. The highest BCUT2D eigenvalue weighted by molar-refractivity contribution is 8.03. The van der Waals surface area contributed by atoms with Crippen molar-refractivity contribution in [2.24, 2.45) is 0 Å². The number of nitrogens with one attached hydrogen (secondary N) is 1. The van der Waals surface area contributed by atoms with Crippen molar-refractivity contribution >= 4 is 40.8 Å². The summed E-state index contributed by atoms with van der Waals surface area (Å²) in [5.41, 5.74) is 0. The number of alkyl halides is 2. The molecular formula is C12H15F2N5OS3. The molecule has 0 atom stereocenters. The number of amides is 1. The summed E-state index contributed by atoms with van der Waals surface area (Å²) in [6.07, 6.45) is 3.49. The molecule has 0 spiro atoms. The van der Waals surface area contributed by atoms with Crippen LogP contribution in [-0.2, 0) is 10.5 Å². The van der Waals surface area contributed by atoms with E-state index in [0.29, 0.717) is 15.2 Å². The number of rotatable bonds is 9. The number of hydrogen-bond acceptors (Lipinski definition) is 7. The van der Waals surface area contributed by atoms with Crippen LogP contribution < -0.4 is 5.32 Å². The van der Waals surface area contributed by atoms with Gasteiger partial charge in [-0.2, -0.15) is 8.78 Å². The molecule has 0 unspecified atom stereocenters. The predicted molar refractivity (Wildman–Crippen MR) is 87.0 cm³/mol. The van der Waals surface area contributed by atoms with Crippen LogP contribution in [0.3, 0.4) is 0 Å². The quantitative estimate of drug-likeness (QED) is 0.675. The van der Waals surface area contributed by atoms with Crippen molar-refractivity contribution in [3.05, 3.63) is 18.2 Å². The van der Waals surface area contributed by atoms with Crippen LogP contribution in [0.15, 0.2) is 21.1 Å². The molecule has 1 N–H and O–H groups in total. The number of thioether (sulfide) groups is 2. The lowest BCUT2D eigenvalue weighted by atomic mass is 10.5. The van der Waals surface area contributed by atoms with E-state index in [4.69, 9.17) is 0 Å². The van der Waals surface area contributed by atoms with Gasteiger partial charge in [0.2, 0.25) is 5.91 Å². The van der Waals surface area contributed by atoms with Gasteiger partial charge in [-0.05, 0) is 6.42 Å². The predicted octanol–water partition coefficient (Wildman–Crippen LogP) is 3.04. The minimum atomic E-state index is -2.60. The van der Waals surface area contributed by atoms with E-state index in [1.54, 1.807) is 0 Å². The lowest BCUT2D eigenvalue weighted by molar-refractivity contribution is -0.118. The second-order valence-corrected chi connectivity index (χ2v) is 7.71. The van der Waals surface area contributed by atoms with Gasteiger partial charge < -0.3 is 5.32 Å². The molecule has 6 nitrogen and oxygen atoms in total. The van der Waals surface area contributed by atoms with Gasteiger partial charge in [0.1, 0.15) is 5.82 Å². The fourth-order valence-corrected chi connectivity index (χ4v) is 4.32. The Labute approximate surface area is 144 Å². The van der Waals surface area contributed by atoms with Crippen molar-refractivity contribution in [2.45, 2.75) is 34.3 Å². The molecule has 2 aromatic heterocycles. The average molecular weight is 379 g/mol. The molecule has 0 aromatic carbocycles.